The number of piperidine rings is 1. The molecule has 1 saturated heterocycles. The number of carbonyl (C=O) groups excluding carboxylic acids is 2. The zero-order chi connectivity index (χ0) is 17.7. The molecule has 1 fully saturated rings. The lowest BCUT2D eigenvalue weighted by atomic mass is 9.88. The van der Waals surface area contributed by atoms with Gasteiger partial charge in [-0.05, 0) is 13.8 Å². The normalized spacial score (nSPS) is 16.5. The Hall–Kier alpha value is -2.58. The highest BCUT2D eigenvalue weighted by atomic mass is 16.6. The molecule has 132 valence electrons. The monoisotopic (exact) mass is 339 g/mol. The molecule has 9 heteroatoms. The second-order valence-corrected chi connectivity index (χ2v) is 5.42. The number of ether oxygens (including phenoxy) is 2. The number of aliphatic carboxylic acids is 1. The van der Waals surface area contributed by atoms with Crippen molar-refractivity contribution in [2.75, 3.05) is 26.3 Å². The summed E-state index contributed by atoms with van der Waals surface area (Å²) in [5.41, 5.74) is -1.10. The number of carboxylic acids is 1. The third-order valence-corrected chi connectivity index (χ3v) is 4.05. The first-order valence-corrected chi connectivity index (χ1v) is 7.82. The number of carbonyl (C=O) groups is 3. The number of carboxylic acid groups (broad SMARTS) is 1. The van der Waals surface area contributed by atoms with E-state index < -0.39 is 23.6 Å². The number of esters is 1. The first-order valence-electron chi connectivity index (χ1n) is 7.82. The van der Waals surface area contributed by atoms with Gasteiger partial charge in [0.25, 0.3) is 0 Å². The van der Waals surface area contributed by atoms with E-state index in [1.54, 1.807) is 13.8 Å². The van der Waals surface area contributed by atoms with Gasteiger partial charge in [-0.25, -0.2) is 14.4 Å². The Morgan fingerprint density at radius 2 is 1.83 bits per heavy atom. The first-order chi connectivity index (χ1) is 11.4. The highest BCUT2D eigenvalue weighted by molar-refractivity contribution is 5.89. The Balaban J connectivity index is 2.17. The lowest BCUT2D eigenvalue weighted by molar-refractivity contribution is -0.151. The molecule has 1 N–H and O–H groups in total. The van der Waals surface area contributed by atoms with Crippen molar-refractivity contribution < 1.29 is 29.0 Å². The molecular weight excluding hydrogens is 318 g/mol. The van der Waals surface area contributed by atoms with E-state index in [9.17, 15) is 19.5 Å². The predicted octanol–water partition coefficient (Wildman–Crippen LogP) is 1.09. The van der Waals surface area contributed by atoms with E-state index in [0.29, 0.717) is 0 Å². The number of likely N-dealkylation sites (tertiary alicyclic amines) is 1. The Labute approximate surface area is 139 Å². The van der Waals surface area contributed by atoms with E-state index in [2.05, 4.69) is 5.10 Å². The van der Waals surface area contributed by atoms with Crippen LogP contribution in [-0.4, -0.2) is 64.1 Å². The fourth-order valence-electron chi connectivity index (χ4n) is 2.69. The van der Waals surface area contributed by atoms with Gasteiger partial charge in [0.1, 0.15) is 0 Å². The van der Waals surface area contributed by atoms with Gasteiger partial charge in [-0.1, -0.05) is 0 Å². The highest BCUT2D eigenvalue weighted by Gasteiger charge is 2.45. The van der Waals surface area contributed by atoms with E-state index >= 15 is 0 Å². The minimum atomic E-state index is -1.30. The van der Waals surface area contributed by atoms with E-state index in [1.165, 1.54) is 22.0 Å². The number of aromatic nitrogens is 2. The topological polar surface area (TPSA) is 111 Å². The quantitative estimate of drug-likeness (QED) is 0.799. The van der Waals surface area contributed by atoms with Gasteiger partial charge in [0.15, 0.2) is 5.54 Å². The maximum atomic E-state index is 11.9. The number of nitrogens with zero attached hydrogens (tertiary/aromatic N) is 3. The SMILES string of the molecule is CCOC(=O)c1cnn(C2(C(=O)O)CCN(C(=O)OCC)CC2)c1. The summed E-state index contributed by atoms with van der Waals surface area (Å²) in [6.45, 7) is 4.36. The molecule has 0 saturated carbocycles. The van der Waals surface area contributed by atoms with Crippen LogP contribution in [0.3, 0.4) is 0 Å². The maximum Gasteiger partial charge on any atom is 0.409 e. The molecule has 9 nitrogen and oxygen atoms in total. The Morgan fingerprint density at radius 1 is 1.21 bits per heavy atom. The molecule has 1 aromatic rings. The number of hydrogen-bond acceptors (Lipinski definition) is 6. The summed E-state index contributed by atoms with van der Waals surface area (Å²) in [4.78, 5) is 36.8. The zero-order valence-corrected chi connectivity index (χ0v) is 13.7. The van der Waals surface area contributed by atoms with Crippen molar-refractivity contribution in [1.29, 1.82) is 0 Å². The molecule has 0 spiro atoms. The van der Waals surface area contributed by atoms with E-state index in [1.807, 2.05) is 0 Å². The van der Waals surface area contributed by atoms with Crippen LogP contribution in [0.2, 0.25) is 0 Å². The van der Waals surface area contributed by atoms with Crippen molar-refractivity contribution in [3.05, 3.63) is 18.0 Å². The summed E-state index contributed by atoms with van der Waals surface area (Å²) < 4.78 is 11.1. The van der Waals surface area contributed by atoms with Crippen molar-refractivity contribution in [2.45, 2.75) is 32.2 Å². The Morgan fingerprint density at radius 3 is 2.38 bits per heavy atom. The lowest BCUT2D eigenvalue weighted by Gasteiger charge is -2.38. The van der Waals surface area contributed by atoms with Gasteiger partial charge >= 0.3 is 18.0 Å². The second-order valence-electron chi connectivity index (χ2n) is 5.42. The maximum absolute atomic E-state index is 11.9. The van der Waals surface area contributed by atoms with Gasteiger partial charge in [0, 0.05) is 32.1 Å². The summed E-state index contributed by atoms with van der Waals surface area (Å²) in [6, 6.07) is 0. The fourth-order valence-corrected chi connectivity index (χ4v) is 2.69. The van der Waals surface area contributed by atoms with Crippen LogP contribution in [0.5, 0.6) is 0 Å². The van der Waals surface area contributed by atoms with Crippen molar-refractivity contribution in [3.8, 4) is 0 Å². The molecule has 24 heavy (non-hydrogen) atoms. The van der Waals surface area contributed by atoms with E-state index in [0.717, 1.165) is 0 Å². The Kier molecular flexibility index (Phi) is 5.42. The van der Waals surface area contributed by atoms with Crippen LogP contribution in [0.25, 0.3) is 0 Å². The molecule has 2 heterocycles. The van der Waals surface area contributed by atoms with Crippen LogP contribution < -0.4 is 0 Å². The molecule has 0 aromatic carbocycles. The standard InChI is InChI=1S/C15H21N3O6/c1-3-23-12(19)11-9-16-18(10-11)15(13(20)21)5-7-17(8-6-15)14(22)24-4-2/h9-10H,3-8H2,1-2H3,(H,20,21). The number of hydrogen-bond donors (Lipinski definition) is 1. The van der Waals surface area contributed by atoms with Crippen LogP contribution in [0.4, 0.5) is 4.79 Å². The molecule has 1 amide bonds. The summed E-state index contributed by atoms with van der Waals surface area (Å²) >= 11 is 0. The largest absolute Gasteiger partial charge is 0.479 e. The van der Waals surface area contributed by atoms with Gasteiger partial charge < -0.3 is 19.5 Å². The van der Waals surface area contributed by atoms with E-state index in [-0.39, 0.29) is 44.7 Å². The predicted molar refractivity (Wildman–Crippen MR) is 81.6 cm³/mol. The lowest BCUT2D eigenvalue weighted by Crippen LogP contribution is -2.52. The average Bonchev–Trinajstić information content (AvgIpc) is 3.05. The van der Waals surface area contributed by atoms with Gasteiger partial charge in [0.2, 0.25) is 0 Å². The van der Waals surface area contributed by atoms with Gasteiger partial charge in [-0.15, -0.1) is 0 Å². The van der Waals surface area contributed by atoms with Crippen LogP contribution in [-0.2, 0) is 19.8 Å². The first kappa shape index (κ1) is 17.8. The van der Waals surface area contributed by atoms with Crippen molar-refractivity contribution in [3.63, 3.8) is 0 Å². The van der Waals surface area contributed by atoms with Crippen LogP contribution in [0.1, 0.15) is 37.0 Å². The van der Waals surface area contributed by atoms with Crippen molar-refractivity contribution in [1.82, 2.24) is 14.7 Å². The Bertz CT molecular complexity index is 618. The third kappa shape index (κ3) is 3.34. The van der Waals surface area contributed by atoms with Gasteiger partial charge in [-0.3, -0.25) is 4.68 Å². The molecule has 0 radical (unpaired) electrons. The molecule has 0 bridgehead atoms. The molecule has 1 aromatic heterocycles. The third-order valence-electron chi connectivity index (χ3n) is 4.05. The van der Waals surface area contributed by atoms with Gasteiger partial charge in [0.05, 0.1) is 25.0 Å². The molecular formula is C15H21N3O6. The highest BCUT2D eigenvalue weighted by Crippen LogP contribution is 2.31. The molecule has 1 aliphatic rings. The minimum absolute atomic E-state index is 0.172. The minimum Gasteiger partial charge on any atom is -0.479 e. The molecule has 0 aliphatic carbocycles. The average molecular weight is 339 g/mol. The van der Waals surface area contributed by atoms with Gasteiger partial charge in [-0.2, -0.15) is 5.10 Å². The molecule has 2 rings (SSSR count). The van der Waals surface area contributed by atoms with Crippen molar-refractivity contribution in [2.24, 2.45) is 0 Å². The van der Waals surface area contributed by atoms with Crippen LogP contribution in [0.15, 0.2) is 12.4 Å². The molecule has 1 aliphatic heterocycles. The van der Waals surface area contributed by atoms with E-state index in [4.69, 9.17) is 9.47 Å². The molecule has 0 unspecified atom stereocenters. The van der Waals surface area contributed by atoms with Crippen LogP contribution >= 0.6 is 0 Å². The summed E-state index contributed by atoms with van der Waals surface area (Å²) in [6.07, 6.45) is 2.56. The fraction of sp³-hybridized carbons (Fsp3) is 0.600. The molecule has 0 atom stereocenters. The smallest absolute Gasteiger partial charge is 0.409 e. The van der Waals surface area contributed by atoms with Crippen molar-refractivity contribution >= 4 is 18.0 Å². The van der Waals surface area contributed by atoms with Crippen LogP contribution in [0, 0.1) is 0 Å². The number of amides is 1. The second kappa shape index (κ2) is 7.33. The summed E-state index contributed by atoms with van der Waals surface area (Å²) in [5.74, 6) is -1.60. The summed E-state index contributed by atoms with van der Waals surface area (Å²) in [7, 11) is 0. The zero-order valence-electron chi connectivity index (χ0n) is 13.7. The summed E-state index contributed by atoms with van der Waals surface area (Å²) in [5, 5.41) is 13.8. The number of rotatable bonds is 5.